The summed E-state index contributed by atoms with van der Waals surface area (Å²) in [4.78, 5) is 59.6. The highest BCUT2D eigenvalue weighted by Gasteiger charge is 2.33. The van der Waals surface area contributed by atoms with Crippen LogP contribution in [0.5, 0.6) is 0 Å². The summed E-state index contributed by atoms with van der Waals surface area (Å²) in [6.45, 7) is 8.56. The van der Waals surface area contributed by atoms with Crippen LogP contribution in [0.15, 0.2) is 46.7 Å². The number of carbonyl (C=O) groups is 1. The van der Waals surface area contributed by atoms with Gasteiger partial charge in [0, 0.05) is 56.0 Å². The smallest absolute Gasteiger partial charge is 0.330 e. The number of anilines is 3. The number of hydrogen-bond donors (Lipinski definition) is 1. The van der Waals surface area contributed by atoms with Crippen LogP contribution in [0.1, 0.15) is 39.3 Å². The minimum Gasteiger partial charge on any atom is -0.336 e. The maximum Gasteiger partial charge on any atom is 0.330 e. The molecule has 38 heavy (non-hydrogen) atoms. The second-order valence-electron chi connectivity index (χ2n) is 9.93. The van der Waals surface area contributed by atoms with E-state index in [9.17, 15) is 14.4 Å². The Balaban J connectivity index is 1.52. The molecule has 1 saturated heterocycles. The van der Waals surface area contributed by atoms with Gasteiger partial charge < -0.3 is 15.1 Å². The normalized spacial score (nSPS) is 14.7. The zero-order valence-electron chi connectivity index (χ0n) is 22.6. The van der Waals surface area contributed by atoms with Crippen LogP contribution < -0.4 is 26.4 Å². The molecule has 0 aromatic carbocycles. The van der Waals surface area contributed by atoms with Crippen LogP contribution in [0.25, 0.3) is 11.3 Å². The molecular formula is C26H33N9O3. The third-order valence-corrected chi connectivity index (χ3v) is 6.84. The highest BCUT2D eigenvalue weighted by atomic mass is 16.2. The average Bonchev–Trinajstić information content (AvgIpc) is 3.25. The summed E-state index contributed by atoms with van der Waals surface area (Å²) >= 11 is 0. The number of hydrogen-bond acceptors (Lipinski definition) is 9. The van der Waals surface area contributed by atoms with Crippen molar-refractivity contribution >= 4 is 23.4 Å². The number of nitrogens with zero attached hydrogens (tertiary/aromatic N) is 8. The van der Waals surface area contributed by atoms with Gasteiger partial charge in [0.1, 0.15) is 12.2 Å². The van der Waals surface area contributed by atoms with E-state index in [-0.39, 0.29) is 23.6 Å². The molecule has 0 spiro atoms. The first kappa shape index (κ1) is 26.7. The molecule has 0 radical (unpaired) electrons. The van der Waals surface area contributed by atoms with Gasteiger partial charge >= 0.3 is 5.69 Å². The molecule has 3 aromatic heterocycles. The summed E-state index contributed by atoms with van der Waals surface area (Å²) in [5.41, 5.74) is 0.974. The summed E-state index contributed by atoms with van der Waals surface area (Å²) in [5.74, 6) is 0.521. The number of allylic oxidation sites excluding steroid dienone is 1. The van der Waals surface area contributed by atoms with Crippen molar-refractivity contribution in [1.29, 1.82) is 0 Å². The molecular weight excluding hydrogens is 486 g/mol. The van der Waals surface area contributed by atoms with Gasteiger partial charge in [-0.05, 0) is 40.5 Å². The predicted molar refractivity (Wildman–Crippen MR) is 146 cm³/mol. The van der Waals surface area contributed by atoms with E-state index in [1.54, 1.807) is 51.8 Å². The lowest BCUT2D eigenvalue weighted by atomic mass is 10.0. The predicted octanol–water partition coefficient (Wildman–Crippen LogP) is 2.00. The molecule has 1 N–H and O–H groups in total. The summed E-state index contributed by atoms with van der Waals surface area (Å²) in [6.07, 6.45) is 12.0. The zero-order chi connectivity index (χ0) is 27.6. The van der Waals surface area contributed by atoms with E-state index in [1.807, 2.05) is 0 Å². The molecule has 1 fully saturated rings. The minimum atomic E-state index is -0.487. The van der Waals surface area contributed by atoms with E-state index in [0.717, 1.165) is 24.0 Å². The van der Waals surface area contributed by atoms with Gasteiger partial charge in [0.05, 0.1) is 18.1 Å². The van der Waals surface area contributed by atoms with E-state index in [1.165, 1.54) is 22.7 Å². The fraction of sp³-hybridized carbons (Fsp3) is 0.423. The Bertz CT molecular complexity index is 1490. The molecule has 4 heterocycles. The van der Waals surface area contributed by atoms with Crippen LogP contribution in [-0.2, 0) is 18.9 Å². The molecule has 4 rings (SSSR count). The first-order chi connectivity index (χ1) is 18.0. The molecule has 0 saturated carbocycles. The third kappa shape index (κ3) is 5.20. The van der Waals surface area contributed by atoms with Crippen molar-refractivity contribution in [1.82, 2.24) is 29.1 Å². The lowest BCUT2D eigenvalue weighted by molar-refractivity contribution is -0.114. The van der Waals surface area contributed by atoms with Crippen LogP contribution in [-0.4, -0.2) is 53.6 Å². The van der Waals surface area contributed by atoms with Crippen molar-refractivity contribution in [3.63, 3.8) is 0 Å². The Labute approximate surface area is 220 Å². The lowest BCUT2D eigenvalue weighted by Gasteiger charge is -2.31. The van der Waals surface area contributed by atoms with Gasteiger partial charge in [-0.25, -0.2) is 19.7 Å². The van der Waals surface area contributed by atoms with Gasteiger partial charge in [0.25, 0.3) is 5.56 Å². The molecule has 12 nitrogen and oxygen atoms in total. The Hall–Kier alpha value is -4.35. The molecule has 1 amide bonds. The molecule has 1 aliphatic rings. The molecule has 1 aliphatic heterocycles. The quantitative estimate of drug-likeness (QED) is 0.498. The van der Waals surface area contributed by atoms with Gasteiger partial charge in [0.2, 0.25) is 11.9 Å². The van der Waals surface area contributed by atoms with Gasteiger partial charge in [-0.2, -0.15) is 0 Å². The maximum absolute atomic E-state index is 13.0. The first-order valence-corrected chi connectivity index (χ1v) is 12.4. The second-order valence-corrected chi connectivity index (χ2v) is 9.93. The molecule has 0 atom stereocenters. The summed E-state index contributed by atoms with van der Waals surface area (Å²) in [6, 6.07) is 0. The Kier molecular flexibility index (Phi) is 7.42. The van der Waals surface area contributed by atoms with Crippen molar-refractivity contribution in [2.45, 2.75) is 46.1 Å². The van der Waals surface area contributed by atoms with Crippen molar-refractivity contribution < 1.29 is 4.79 Å². The summed E-state index contributed by atoms with van der Waals surface area (Å²) < 4.78 is 2.39. The summed E-state index contributed by atoms with van der Waals surface area (Å²) in [5, 5.41) is 2.74. The van der Waals surface area contributed by atoms with E-state index >= 15 is 0 Å². The van der Waals surface area contributed by atoms with Crippen LogP contribution >= 0.6 is 0 Å². The number of amides is 1. The Morgan fingerprint density at radius 2 is 1.84 bits per heavy atom. The van der Waals surface area contributed by atoms with E-state index < -0.39 is 17.2 Å². The SMILES string of the molecule is C/C=C\N(CC(=O)Nc1cncc(-c2cnc(N3CCCC3(C)C)nc2)n1)c1c(C)n(C)c(=O)n(C)c1=O. The minimum absolute atomic E-state index is 0.0174. The van der Waals surface area contributed by atoms with Crippen molar-refractivity contribution in [3.8, 4) is 11.3 Å². The van der Waals surface area contributed by atoms with Gasteiger partial charge in [-0.1, -0.05) is 6.08 Å². The largest absolute Gasteiger partial charge is 0.336 e. The number of rotatable bonds is 7. The molecule has 200 valence electrons. The van der Waals surface area contributed by atoms with Crippen LogP contribution in [0.4, 0.5) is 17.5 Å². The van der Waals surface area contributed by atoms with E-state index in [4.69, 9.17) is 0 Å². The molecule has 12 heteroatoms. The van der Waals surface area contributed by atoms with Crippen molar-refractivity contribution in [3.05, 3.63) is 63.6 Å². The molecule has 0 unspecified atom stereocenters. The fourth-order valence-electron chi connectivity index (χ4n) is 4.62. The van der Waals surface area contributed by atoms with E-state index in [2.05, 4.69) is 44.0 Å². The maximum atomic E-state index is 13.0. The lowest BCUT2D eigenvalue weighted by Crippen LogP contribution is -2.43. The Morgan fingerprint density at radius 1 is 1.13 bits per heavy atom. The molecule has 3 aromatic rings. The fourth-order valence-corrected chi connectivity index (χ4v) is 4.62. The molecule has 0 bridgehead atoms. The Morgan fingerprint density at radius 3 is 2.47 bits per heavy atom. The number of nitrogens with one attached hydrogen (secondary N) is 1. The van der Waals surface area contributed by atoms with Crippen LogP contribution in [0.3, 0.4) is 0 Å². The highest BCUT2D eigenvalue weighted by molar-refractivity contribution is 5.93. The van der Waals surface area contributed by atoms with Gasteiger partial charge in [0.15, 0.2) is 5.82 Å². The average molecular weight is 520 g/mol. The van der Waals surface area contributed by atoms with E-state index in [0.29, 0.717) is 22.9 Å². The van der Waals surface area contributed by atoms with Crippen LogP contribution in [0, 0.1) is 6.92 Å². The van der Waals surface area contributed by atoms with Crippen molar-refractivity contribution in [2.24, 2.45) is 14.1 Å². The summed E-state index contributed by atoms with van der Waals surface area (Å²) in [7, 11) is 2.99. The third-order valence-electron chi connectivity index (χ3n) is 6.84. The monoisotopic (exact) mass is 519 g/mol. The van der Waals surface area contributed by atoms with Gasteiger partial charge in [-0.15, -0.1) is 0 Å². The highest BCUT2D eigenvalue weighted by Crippen LogP contribution is 2.31. The van der Waals surface area contributed by atoms with Crippen LogP contribution in [0.2, 0.25) is 0 Å². The second kappa shape index (κ2) is 10.6. The first-order valence-electron chi connectivity index (χ1n) is 12.4. The van der Waals surface area contributed by atoms with Crippen molar-refractivity contribution in [2.75, 3.05) is 28.2 Å². The standard InChI is InChI=1S/C26H33N9O3/c1-7-10-34(22-17(2)32(5)25(38)33(6)23(22)37)16-21(36)31-20-15-27-14-19(30-20)18-12-28-24(29-13-18)35-11-8-9-26(35,3)4/h7,10,12-15H,8-9,11,16H2,1-6H3,(H,30,31,36)/b10-7-. The molecule has 0 aliphatic carbocycles. The number of aromatic nitrogens is 6. The van der Waals surface area contributed by atoms with Gasteiger partial charge in [-0.3, -0.25) is 23.7 Å². The topological polar surface area (TPSA) is 131 Å². The zero-order valence-corrected chi connectivity index (χ0v) is 22.6. The number of carbonyl (C=O) groups excluding carboxylic acids is 1.